The monoisotopic (exact) mass is 662 g/mol. The van der Waals surface area contributed by atoms with E-state index in [9.17, 15) is 19.5 Å². The number of azo groups is 1. The smallest absolute Gasteiger partial charge is 0.259 e. The van der Waals surface area contributed by atoms with Crippen LogP contribution in [-0.4, -0.2) is 29.7 Å². The fourth-order valence-electron chi connectivity index (χ4n) is 5.86. The van der Waals surface area contributed by atoms with E-state index in [1.807, 2.05) is 55.5 Å². The zero-order chi connectivity index (χ0) is 34.8. The highest BCUT2D eigenvalue weighted by Gasteiger charge is 2.30. The third-order valence-electron chi connectivity index (χ3n) is 8.37. The van der Waals surface area contributed by atoms with Crippen LogP contribution in [0.4, 0.5) is 22.7 Å². The predicted molar refractivity (Wildman–Crippen MR) is 190 cm³/mol. The van der Waals surface area contributed by atoms with Crippen molar-refractivity contribution in [2.45, 2.75) is 13.5 Å². The van der Waals surface area contributed by atoms with Crippen molar-refractivity contribution in [3.8, 4) is 11.5 Å². The Kier molecular flexibility index (Phi) is 8.59. The Labute approximate surface area is 287 Å². The first-order valence-corrected chi connectivity index (χ1v) is 15.7. The lowest BCUT2D eigenvalue weighted by Gasteiger charge is -2.18. The fourth-order valence-corrected chi connectivity index (χ4v) is 5.86. The molecule has 1 aliphatic carbocycles. The van der Waals surface area contributed by atoms with Gasteiger partial charge in [0.2, 0.25) is 0 Å². The molecule has 0 atom stereocenters. The Morgan fingerprint density at radius 3 is 2.22 bits per heavy atom. The number of aromatic hydroxyl groups is 1. The number of nitrogens with one attached hydrogen (secondary N) is 2. The summed E-state index contributed by atoms with van der Waals surface area (Å²) in [6.45, 7) is 2.14. The topological polar surface area (TPSA) is 139 Å². The van der Waals surface area contributed by atoms with Gasteiger partial charge in [0.05, 0.1) is 25.0 Å². The van der Waals surface area contributed by atoms with Crippen LogP contribution in [0.25, 0.3) is 10.8 Å². The normalized spacial score (nSPS) is 12.1. The van der Waals surface area contributed by atoms with Crippen LogP contribution in [0, 0.1) is 6.92 Å². The number of benzene rings is 6. The van der Waals surface area contributed by atoms with Gasteiger partial charge in [-0.2, -0.15) is 0 Å². The summed E-state index contributed by atoms with van der Waals surface area (Å²) in [7, 11) is 1.52. The quantitative estimate of drug-likeness (QED) is 0.104. The molecule has 3 N–H and O–H groups in total. The Morgan fingerprint density at radius 1 is 0.740 bits per heavy atom. The first-order chi connectivity index (χ1) is 24.3. The van der Waals surface area contributed by atoms with Crippen molar-refractivity contribution in [1.82, 2.24) is 0 Å². The molecule has 50 heavy (non-hydrogen) atoms. The van der Waals surface area contributed by atoms with Crippen molar-refractivity contribution in [2.24, 2.45) is 10.2 Å². The summed E-state index contributed by atoms with van der Waals surface area (Å²) in [6, 6.07) is 33.2. The molecule has 1 aliphatic rings. The summed E-state index contributed by atoms with van der Waals surface area (Å²) in [5, 5.41) is 24.4. The molecular formula is C40H30N4O6. The first-order valence-electron chi connectivity index (χ1n) is 15.7. The number of ether oxygens (including phenoxy) is 1. The summed E-state index contributed by atoms with van der Waals surface area (Å²) in [5.74, 6) is -1.14. The van der Waals surface area contributed by atoms with Crippen molar-refractivity contribution < 1.29 is 29.1 Å². The van der Waals surface area contributed by atoms with E-state index in [-0.39, 0.29) is 52.0 Å². The number of carbonyl (C=O) groups is 3. The lowest BCUT2D eigenvalue weighted by atomic mass is 9.84. The summed E-state index contributed by atoms with van der Waals surface area (Å²) in [5.41, 5.74) is 7.25. The maximum Gasteiger partial charge on any atom is 0.259 e. The summed E-state index contributed by atoms with van der Waals surface area (Å²) in [6.07, 6.45) is 0. The van der Waals surface area contributed by atoms with E-state index < -0.39 is 5.91 Å². The number of hydrogen-bond acceptors (Lipinski definition) is 9. The van der Waals surface area contributed by atoms with Crippen LogP contribution in [0.5, 0.6) is 11.5 Å². The number of anilines is 2. The molecule has 7 rings (SSSR count). The number of rotatable bonds is 9. The molecule has 0 radical (unpaired) electrons. The molecule has 0 aliphatic heterocycles. The third kappa shape index (κ3) is 6.18. The zero-order valence-electron chi connectivity index (χ0n) is 27.1. The highest BCUT2D eigenvalue weighted by molar-refractivity contribution is 6.28. The number of para-hydroxylation sites is 1. The highest BCUT2D eigenvalue weighted by Crippen LogP contribution is 2.41. The number of fused-ring (bicyclic) bond motifs is 3. The summed E-state index contributed by atoms with van der Waals surface area (Å²) < 4.78 is 5.52. The van der Waals surface area contributed by atoms with E-state index in [1.165, 1.54) is 19.2 Å². The van der Waals surface area contributed by atoms with Crippen LogP contribution in [0.2, 0.25) is 0 Å². The van der Waals surface area contributed by atoms with Gasteiger partial charge in [-0.25, -0.2) is 0 Å². The molecule has 0 heterocycles. The molecule has 1 amide bonds. The van der Waals surface area contributed by atoms with Gasteiger partial charge in [-0.05, 0) is 66.4 Å². The number of amides is 1. The molecule has 246 valence electrons. The number of aryl methyl sites for hydroxylation is 1. The molecule has 0 saturated heterocycles. The van der Waals surface area contributed by atoms with Gasteiger partial charge in [0, 0.05) is 33.3 Å². The van der Waals surface area contributed by atoms with Gasteiger partial charge < -0.3 is 15.2 Å². The maximum absolute atomic E-state index is 13.7. The van der Waals surface area contributed by atoms with Gasteiger partial charge in [-0.1, -0.05) is 72.3 Å². The number of phenols is 1. The average molecular weight is 663 g/mol. The standard InChI is InChI=1S/C40H30N4O6/c1-23-12-15-28-25(18-23)20-33(40(48)41-27-14-16-31-32(21-27)38(46)30-11-7-6-10-29(30)37(31)45)39(47)36(28)43-42-34-19-24(13-17-35(34)49-2)22-50-44-26-8-4-3-5-9-26/h3-21,44,47H,22H2,1-2H3,(H,41,48). The Morgan fingerprint density at radius 2 is 1.46 bits per heavy atom. The summed E-state index contributed by atoms with van der Waals surface area (Å²) >= 11 is 0. The molecule has 0 spiro atoms. The number of hydrogen-bond donors (Lipinski definition) is 3. The zero-order valence-corrected chi connectivity index (χ0v) is 27.1. The number of carbonyl (C=O) groups excluding carboxylic acids is 3. The lowest BCUT2D eigenvalue weighted by Crippen LogP contribution is -2.21. The number of ketones is 2. The fraction of sp³-hybridized carbons (Fsp3) is 0.0750. The van der Waals surface area contributed by atoms with Gasteiger partial charge in [0.25, 0.3) is 5.91 Å². The minimum atomic E-state index is -0.639. The molecule has 10 heteroatoms. The van der Waals surface area contributed by atoms with Gasteiger partial charge in [-0.3, -0.25) is 24.7 Å². The number of nitrogens with zero attached hydrogens (tertiary/aromatic N) is 2. The van der Waals surface area contributed by atoms with Crippen LogP contribution < -0.4 is 15.5 Å². The van der Waals surface area contributed by atoms with Crippen LogP contribution >= 0.6 is 0 Å². The maximum atomic E-state index is 13.7. The summed E-state index contributed by atoms with van der Waals surface area (Å²) in [4.78, 5) is 45.7. The average Bonchev–Trinajstić information content (AvgIpc) is 3.13. The third-order valence-corrected chi connectivity index (χ3v) is 8.37. The van der Waals surface area contributed by atoms with Crippen LogP contribution in [-0.2, 0) is 11.4 Å². The first kappa shape index (κ1) is 31.9. The molecule has 0 unspecified atom stereocenters. The Balaban J connectivity index is 1.19. The van der Waals surface area contributed by atoms with Crippen molar-refractivity contribution >= 4 is 51.0 Å². The number of phenolic OH excluding ortho intramolecular Hbond substituents is 1. The molecule has 0 fully saturated rings. The molecular weight excluding hydrogens is 632 g/mol. The van der Waals surface area contributed by atoms with E-state index >= 15 is 0 Å². The van der Waals surface area contributed by atoms with Gasteiger partial charge in [0.15, 0.2) is 17.3 Å². The van der Waals surface area contributed by atoms with Gasteiger partial charge in [-0.15, -0.1) is 10.2 Å². The van der Waals surface area contributed by atoms with Crippen LogP contribution in [0.15, 0.2) is 125 Å². The van der Waals surface area contributed by atoms with E-state index in [0.717, 1.165) is 16.8 Å². The van der Waals surface area contributed by atoms with Crippen molar-refractivity contribution in [3.63, 3.8) is 0 Å². The molecule has 0 saturated carbocycles. The predicted octanol–water partition coefficient (Wildman–Crippen LogP) is 8.85. The molecule has 10 nitrogen and oxygen atoms in total. The minimum absolute atomic E-state index is 0.0522. The number of methoxy groups -OCH3 is 1. The Hall–Kier alpha value is -6.65. The lowest BCUT2D eigenvalue weighted by molar-refractivity contribution is 0.0979. The largest absolute Gasteiger partial charge is 0.505 e. The van der Waals surface area contributed by atoms with Crippen molar-refractivity contribution in [2.75, 3.05) is 17.9 Å². The van der Waals surface area contributed by atoms with Crippen molar-refractivity contribution in [3.05, 3.63) is 154 Å². The SMILES string of the molecule is COc1ccc(CONc2ccccc2)cc1N=Nc1c(O)c(C(=O)Nc2ccc3c(c2)C(=O)c2ccccc2C3=O)cc2cc(C)ccc12. The van der Waals surface area contributed by atoms with E-state index in [1.54, 1.807) is 54.6 Å². The van der Waals surface area contributed by atoms with E-state index in [4.69, 9.17) is 9.57 Å². The molecule has 6 aromatic carbocycles. The van der Waals surface area contributed by atoms with E-state index in [2.05, 4.69) is 21.0 Å². The van der Waals surface area contributed by atoms with E-state index in [0.29, 0.717) is 33.3 Å². The molecule has 6 aromatic rings. The van der Waals surface area contributed by atoms with Gasteiger partial charge >= 0.3 is 0 Å². The highest BCUT2D eigenvalue weighted by atomic mass is 16.6. The Bertz CT molecular complexity index is 2350. The second-order valence-corrected chi connectivity index (χ2v) is 11.7. The van der Waals surface area contributed by atoms with Gasteiger partial charge in [0.1, 0.15) is 17.1 Å². The second kappa shape index (κ2) is 13.5. The van der Waals surface area contributed by atoms with Crippen LogP contribution in [0.3, 0.4) is 0 Å². The van der Waals surface area contributed by atoms with Crippen LogP contribution in [0.1, 0.15) is 53.3 Å². The molecule has 0 aromatic heterocycles. The minimum Gasteiger partial charge on any atom is -0.505 e. The molecule has 0 bridgehead atoms. The van der Waals surface area contributed by atoms with Crippen molar-refractivity contribution in [1.29, 1.82) is 0 Å². The second-order valence-electron chi connectivity index (χ2n) is 11.7.